The summed E-state index contributed by atoms with van der Waals surface area (Å²) in [6, 6.07) is 13.0. The number of rotatable bonds is 2. The topological polar surface area (TPSA) is 61.7 Å². The van der Waals surface area contributed by atoms with E-state index in [1.54, 1.807) is 19.2 Å². The van der Waals surface area contributed by atoms with Gasteiger partial charge in [0.25, 0.3) is 0 Å². The van der Waals surface area contributed by atoms with Crippen LogP contribution in [0.1, 0.15) is 28.8 Å². The molecule has 2 atom stereocenters. The highest BCUT2D eigenvalue weighted by atomic mass is 35.5. The summed E-state index contributed by atoms with van der Waals surface area (Å²) in [4.78, 5) is 0. The second kappa shape index (κ2) is 6.35. The van der Waals surface area contributed by atoms with Gasteiger partial charge < -0.3 is 20.3 Å². The van der Waals surface area contributed by atoms with Gasteiger partial charge in [0.2, 0.25) is 0 Å². The van der Waals surface area contributed by atoms with Gasteiger partial charge in [-0.3, -0.25) is 0 Å². The summed E-state index contributed by atoms with van der Waals surface area (Å²) >= 11 is 0. The smallest absolute Gasteiger partial charge is 0.118 e. The van der Waals surface area contributed by atoms with Crippen LogP contribution in [0.4, 0.5) is 0 Å². The molecule has 2 aromatic rings. The molecule has 5 heteroatoms. The maximum absolute atomic E-state index is 10.0. The lowest BCUT2D eigenvalue weighted by Crippen LogP contribution is -2.33. The van der Waals surface area contributed by atoms with Gasteiger partial charge >= 0.3 is 0 Å². The van der Waals surface area contributed by atoms with Gasteiger partial charge in [0.05, 0.1) is 19.3 Å². The van der Waals surface area contributed by atoms with Crippen LogP contribution in [0.2, 0.25) is 0 Å². The maximum Gasteiger partial charge on any atom is 0.118 e. The van der Waals surface area contributed by atoms with E-state index in [9.17, 15) is 10.2 Å². The maximum atomic E-state index is 10.0. The van der Waals surface area contributed by atoms with Crippen molar-refractivity contribution in [2.24, 2.45) is 0 Å². The molecule has 21 heavy (non-hydrogen) atoms. The minimum Gasteiger partial charge on any atom is -0.508 e. The minimum absolute atomic E-state index is 0. The molecule has 0 aromatic heterocycles. The van der Waals surface area contributed by atoms with Gasteiger partial charge in [0.1, 0.15) is 11.5 Å². The number of halogens is 1. The Hall–Kier alpha value is -1.75. The Morgan fingerprint density at radius 2 is 1.81 bits per heavy atom. The molecular weight excluding hydrogens is 290 g/mol. The molecule has 3 rings (SSSR count). The molecule has 2 aromatic carbocycles. The van der Waals surface area contributed by atoms with Gasteiger partial charge in [-0.25, -0.2) is 0 Å². The number of ether oxygens (including phenoxy) is 1. The molecule has 0 bridgehead atoms. The number of aliphatic hydroxyl groups is 1. The van der Waals surface area contributed by atoms with Crippen LogP contribution < -0.4 is 10.1 Å². The molecule has 0 saturated heterocycles. The number of phenolic OH excluding ortho intramolecular Hbond substituents is 1. The van der Waals surface area contributed by atoms with Crippen molar-refractivity contribution in [3.8, 4) is 11.5 Å². The van der Waals surface area contributed by atoms with E-state index in [1.165, 1.54) is 0 Å². The lowest BCUT2D eigenvalue weighted by molar-refractivity contribution is 0.160. The van der Waals surface area contributed by atoms with Gasteiger partial charge in [-0.15, -0.1) is 12.4 Å². The van der Waals surface area contributed by atoms with Gasteiger partial charge in [-0.2, -0.15) is 0 Å². The predicted molar refractivity (Wildman–Crippen MR) is 83.2 cm³/mol. The molecular formula is C16H18ClNO3. The Morgan fingerprint density at radius 3 is 2.48 bits per heavy atom. The molecule has 0 fully saturated rings. The predicted octanol–water partition coefficient (Wildman–Crippen LogP) is 2.55. The molecule has 2 unspecified atom stereocenters. The van der Waals surface area contributed by atoms with Crippen molar-refractivity contribution in [3.05, 3.63) is 59.2 Å². The third-order valence-corrected chi connectivity index (χ3v) is 3.70. The van der Waals surface area contributed by atoms with Gasteiger partial charge in [0, 0.05) is 6.54 Å². The number of hydrogen-bond donors (Lipinski definition) is 3. The lowest BCUT2D eigenvalue weighted by atomic mass is 9.88. The van der Waals surface area contributed by atoms with Gasteiger partial charge in [0.15, 0.2) is 0 Å². The Bertz CT molecular complexity index is 615. The molecule has 1 heterocycles. The highest BCUT2D eigenvalue weighted by molar-refractivity contribution is 5.85. The van der Waals surface area contributed by atoms with E-state index in [4.69, 9.17) is 4.74 Å². The van der Waals surface area contributed by atoms with E-state index in [-0.39, 0.29) is 24.2 Å². The fourth-order valence-corrected chi connectivity index (χ4v) is 2.66. The van der Waals surface area contributed by atoms with E-state index < -0.39 is 6.10 Å². The number of fused-ring (bicyclic) bond motifs is 1. The van der Waals surface area contributed by atoms with E-state index in [1.807, 2.05) is 30.3 Å². The van der Waals surface area contributed by atoms with Crippen molar-refractivity contribution in [2.75, 3.05) is 13.7 Å². The Kier molecular flexibility index (Phi) is 4.73. The third kappa shape index (κ3) is 2.97. The second-order valence-corrected chi connectivity index (χ2v) is 4.94. The van der Waals surface area contributed by atoms with Crippen LogP contribution in [0.5, 0.6) is 11.5 Å². The standard InChI is InChI=1S/C16H17NO3.ClH/c1-20-12-5-2-10(3-6-12)16-13-7-4-11(18)8-14(13)15(19)9-17-16;/h2-8,15-19H,9H2,1H3;1H. The summed E-state index contributed by atoms with van der Waals surface area (Å²) in [6.45, 7) is 0.465. The molecule has 1 aliphatic heterocycles. The molecule has 0 radical (unpaired) electrons. The molecule has 0 amide bonds. The molecule has 1 aliphatic rings. The van der Waals surface area contributed by atoms with Crippen molar-refractivity contribution < 1.29 is 14.9 Å². The first-order valence-electron chi connectivity index (χ1n) is 6.57. The summed E-state index contributed by atoms with van der Waals surface area (Å²) in [6.07, 6.45) is -0.591. The number of β-amino-alcohol motifs (C(OH)–C–C–N with tert-alkyl or cyclic N) is 1. The zero-order chi connectivity index (χ0) is 14.1. The first-order valence-corrected chi connectivity index (χ1v) is 6.57. The second-order valence-electron chi connectivity index (χ2n) is 4.94. The highest BCUT2D eigenvalue weighted by Gasteiger charge is 2.26. The number of benzene rings is 2. The monoisotopic (exact) mass is 307 g/mol. The number of methoxy groups -OCH3 is 1. The first-order chi connectivity index (χ1) is 9.69. The molecule has 4 nitrogen and oxygen atoms in total. The number of aliphatic hydroxyl groups excluding tert-OH is 1. The summed E-state index contributed by atoms with van der Waals surface area (Å²) in [5.74, 6) is 0.994. The fourth-order valence-electron chi connectivity index (χ4n) is 2.66. The quantitative estimate of drug-likeness (QED) is 0.798. The van der Waals surface area contributed by atoms with Gasteiger partial charge in [-0.05, 0) is 41.0 Å². The van der Waals surface area contributed by atoms with Crippen LogP contribution in [0.25, 0.3) is 0 Å². The Balaban J connectivity index is 0.00000161. The zero-order valence-electron chi connectivity index (χ0n) is 11.6. The number of nitrogens with one attached hydrogen (secondary N) is 1. The SMILES string of the molecule is COc1ccc(C2NCC(O)c3cc(O)ccc32)cc1.Cl. The minimum atomic E-state index is -0.591. The zero-order valence-corrected chi connectivity index (χ0v) is 12.4. The van der Waals surface area contributed by atoms with E-state index in [0.29, 0.717) is 6.54 Å². The van der Waals surface area contributed by atoms with E-state index in [0.717, 1.165) is 22.4 Å². The normalized spacial score (nSPS) is 20.3. The van der Waals surface area contributed by atoms with E-state index >= 15 is 0 Å². The average Bonchev–Trinajstić information content (AvgIpc) is 2.48. The number of aromatic hydroxyl groups is 1. The van der Waals surface area contributed by atoms with E-state index in [2.05, 4.69) is 5.32 Å². The van der Waals surface area contributed by atoms with Crippen molar-refractivity contribution >= 4 is 12.4 Å². The summed E-state index contributed by atoms with van der Waals surface area (Å²) in [7, 11) is 1.64. The number of hydrogen-bond acceptors (Lipinski definition) is 4. The fraction of sp³-hybridized carbons (Fsp3) is 0.250. The summed E-state index contributed by atoms with van der Waals surface area (Å²) < 4.78 is 5.17. The van der Waals surface area contributed by atoms with Crippen molar-refractivity contribution in [3.63, 3.8) is 0 Å². The lowest BCUT2D eigenvalue weighted by Gasteiger charge is -2.30. The Morgan fingerprint density at radius 1 is 1.10 bits per heavy atom. The van der Waals surface area contributed by atoms with Crippen LogP contribution in [0.15, 0.2) is 42.5 Å². The van der Waals surface area contributed by atoms with Crippen LogP contribution in [0.3, 0.4) is 0 Å². The molecule has 0 saturated carbocycles. The summed E-state index contributed by atoms with van der Waals surface area (Å²) in [5.41, 5.74) is 2.88. The molecule has 0 spiro atoms. The highest BCUT2D eigenvalue weighted by Crippen LogP contribution is 2.35. The largest absolute Gasteiger partial charge is 0.508 e. The number of phenols is 1. The Labute approximate surface area is 129 Å². The third-order valence-electron chi connectivity index (χ3n) is 3.70. The molecule has 3 N–H and O–H groups in total. The van der Waals surface area contributed by atoms with Crippen molar-refractivity contribution in [2.45, 2.75) is 12.1 Å². The summed E-state index contributed by atoms with van der Waals surface area (Å²) in [5, 5.41) is 22.9. The van der Waals surface area contributed by atoms with Crippen molar-refractivity contribution in [1.29, 1.82) is 0 Å². The van der Waals surface area contributed by atoms with Crippen molar-refractivity contribution in [1.82, 2.24) is 5.32 Å². The van der Waals surface area contributed by atoms with Crippen LogP contribution in [-0.2, 0) is 0 Å². The van der Waals surface area contributed by atoms with Gasteiger partial charge in [-0.1, -0.05) is 18.2 Å². The average molecular weight is 308 g/mol. The molecule has 0 aliphatic carbocycles. The van der Waals surface area contributed by atoms with Crippen LogP contribution >= 0.6 is 12.4 Å². The first kappa shape index (κ1) is 15.6. The van der Waals surface area contributed by atoms with Crippen LogP contribution in [-0.4, -0.2) is 23.9 Å². The van der Waals surface area contributed by atoms with Crippen LogP contribution in [0, 0.1) is 0 Å². The molecule has 112 valence electrons.